The number of carbonyl (C=O) groups excluding carboxylic acids is 1. The molecular weight excluding hydrogens is 314 g/mol. The monoisotopic (exact) mass is 331 g/mol. The van der Waals surface area contributed by atoms with Gasteiger partial charge < -0.3 is 5.32 Å². The highest BCUT2D eigenvalue weighted by Crippen LogP contribution is 2.20. The van der Waals surface area contributed by atoms with Crippen LogP contribution in [0.3, 0.4) is 0 Å². The molecule has 0 aromatic heterocycles. The van der Waals surface area contributed by atoms with Crippen LogP contribution >= 0.6 is 15.9 Å². The lowest BCUT2D eigenvalue weighted by Gasteiger charge is -2.17. The van der Waals surface area contributed by atoms with E-state index in [1.807, 2.05) is 55.5 Å². The van der Waals surface area contributed by atoms with Crippen molar-refractivity contribution < 1.29 is 4.79 Å². The molecular formula is C17H18BrNO. The number of benzene rings is 2. The fourth-order valence-corrected chi connectivity index (χ4v) is 2.46. The number of hydrogen-bond acceptors (Lipinski definition) is 1. The summed E-state index contributed by atoms with van der Waals surface area (Å²) in [5, 5.41) is 3.09. The lowest BCUT2D eigenvalue weighted by molar-refractivity contribution is 0.0935. The zero-order valence-electron chi connectivity index (χ0n) is 11.7. The van der Waals surface area contributed by atoms with E-state index in [0.717, 1.165) is 22.0 Å². The van der Waals surface area contributed by atoms with E-state index in [1.165, 1.54) is 0 Å². The largest absolute Gasteiger partial charge is 0.345 e. The van der Waals surface area contributed by atoms with Gasteiger partial charge in [0.15, 0.2) is 0 Å². The normalized spacial score (nSPS) is 11.9. The molecule has 2 aromatic rings. The minimum atomic E-state index is -0.0404. The molecule has 0 radical (unpaired) electrons. The first-order valence-electron chi connectivity index (χ1n) is 6.73. The van der Waals surface area contributed by atoms with E-state index >= 15 is 0 Å². The molecule has 0 aliphatic carbocycles. The van der Waals surface area contributed by atoms with Crippen LogP contribution < -0.4 is 5.32 Å². The number of nitrogens with one attached hydrogen (secondary N) is 1. The molecule has 0 bridgehead atoms. The summed E-state index contributed by atoms with van der Waals surface area (Å²) in [6.45, 7) is 4.08. The Morgan fingerprint density at radius 2 is 1.90 bits per heavy atom. The average molecular weight is 332 g/mol. The molecule has 0 aliphatic heterocycles. The summed E-state index contributed by atoms with van der Waals surface area (Å²) in [6.07, 6.45) is 0.864. The Morgan fingerprint density at radius 1 is 1.20 bits per heavy atom. The molecule has 2 rings (SSSR count). The van der Waals surface area contributed by atoms with E-state index in [4.69, 9.17) is 0 Å². The highest BCUT2D eigenvalue weighted by molar-refractivity contribution is 9.10. The van der Waals surface area contributed by atoms with Gasteiger partial charge in [-0.1, -0.05) is 59.3 Å². The number of hydrogen-bond donors (Lipinski definition) is 1. The molecule has 104 valence electrons. The molecule has 0 saturated carbocycles. The maximum Gasteiger partial charge on any atom is 0.251 e. The molecule has 2 nitrogen and oxygen atoms in total. The first kappa shape index (κ1) is 14.8. The minimum absolute atomic E-state index is 0.0404. The molecule has 3 heteroatoms. The zero-order chi connectivity index (χ0) is 14.5. The lowest BCUT2D eigenvalue weighted by atomic mass is 10.0. The topological polar surface area (TPSA) is 29.1 Å². The lowest BCUT2D eigenvalue weighted by Crippen LogP contribution is -2.28. The van der Waals surface area contributed by atoms with Crippen LogP contribution in [0.25, 0.3) is 0 Å². The third-order valence-electron chi connectivity index (χ3n) is 3.35. The van der Waals surface area contributed by atoms with Gasteiger partial charge >= 0.3 is 0 Å². The maximum atomic E-state index is 12.3. The van der Waals surface area contributed by atoms with Crippen LogP contribution in [0.15, 0.2) is 53.0 Å². The zero-order valence-corrected chi connectivity index (χ0v) is 13.3. The van der Waals surface area contributed by atoms with E-state index in [1.54, 1.807) is 0 Å². The Hall–Kier alpha value is -1.61. The molecule has 0 spiro atoms. The summed E-state index contributed by atoms with van der Waals surface area (Å²) in [5.41, 5.74) is 2.93. The van der Waals surface area contributed by atoms with Crippen molar-refractivity contribution in [1.82, 2.24) is 5.32 Å². The molecule has 1 unspecified atom stereocenters. The van der Waals surface area contributed by atoms with Crippen LogP contribution in [0.1, 0.15) is 40.9 Å². The van der Waals surface area contributed by atoms with Crippen LogP contribution in [0, 0.1) is 6.92 Å². The Labute approximate surface area is 128 Å². The van der Waals surface area contributed by atoms with Crippen molar-refractivity contribution in [3.05, 3.63) is 69.7 Å². The Bertz CT molecular complexity index is 595. The number of aryl methyl sites for hydroxylation is 1. The predicted octanol–water partition coefficient (Wildman–Crippen LogP) is 4.64. The van der Waals surface area contributed by atoms with Gasteiger partial charge in [0.2, 0.25) is 0 Å². The number of rotatable bonds is 4. The predicted molar refractivity (Wildman–Crippen MR) is 85.8 cm³/mol. The first-order valence-corrected chi connectivity index (χ1v) is 7.53. The molecule has 1 amide bonds. The molecule has 0 saturated heterocycles. The van der Waals surface area contributed by atoms with Gasteiger partial charge in [0.25, 0.3) is 5.91 Å². The van der Waals surface area contributed by atoms with Gasteiger partial charge in [-0.15, -0.1) is 0 Å². The van der Waals surface area contributed by atoms with Crippen LogP contribution in [-0.4, -0.2) is 5.91 Å². The van der Waals surface area contributed by atoms with Crippen molar-refractivity contribution in [3.63, 3.8) is 0 Å². The summed E-state index contributed by atoms with van der Waals surface area (Å²) in [7, 11) is 0. The van der Waals surface area contributed by atoms with E-state index in [0.29, 0.717) is 5.56 Å². The van der Waals surface area contributed by atoms with Crippen molar-refractivity contribution in [2.75, 3.05) is 0 Å². The second-order valence-corrected chi connectivity index (χ2v) is 5.66. The van der Waals surface area contributed by atoms with Gasteiger partial charge in [-0.3, -0.25) is 4.79 Å². The molecule has 1 N–H and O–H groups in total. The van der Waals surface area contributed by atoms with E-state index < -0.39 is 0 Å². The quantitative estimate of drug-likeness (QED) is 0.868. The highest BCUT2D eigenvalue weighted by atomic mass is 79.9. The summed E-state index contributed by atoms with van der Waals surface area (Å²) >= 11 is 3.46. The first-order chi connectivity index (χ1) is 9.61. The molecule has 20 heavy (non-hydrogen) atoms. The average Bonchev–Trinajstić information content (AvgIpc) is 2.48. The molecule has 0 fully saturated rings. The SMILES string of the molecule is CCC(NC(=O)c1ccc(C)c(Br)c1)c1ccccc1. The smallest absolute Gasteiger partial charge is 0.251 e. The van der Waals surface area contributed by atoms with Crippen molar-refractivity contribution in [2.24, 2.45) is 0 Å². The van der Waals surface area contributed by atoms with Crippen LogP contribution in [0.2, 0.25) is 0 Å². The van der Waals surface area contributed by atoms with Crippen molar-refractivity contribution in [2.45, 2.75) is 26.3 Å². The highest BCUT2D eigenvalue weighted by Gasteiger charge is 2.14. The summed E-state index contributed by atoms with van der Waals surface area (Å²) in [6, 6.07) is 15.8. The van der Waals surface area contributed by atoms with Gasteiger partial charge in [0.05, 0.1) is 6.04 Å². The van der Waals surface area contributed by atoms with Gasteiger partial charge in [-0.2, -0.15) is 0 Å². The van der Waals surface area contributed by atoms with Crippen LogP contribution in [0.4, 0.5) is 0 Å². The summed E-state index contributed by atoms with van der Waals surface area (Å²) in [5.74, 6) is -0.0404. The molecule has 2 aromatic carbocycles. The summed E-state index contributed by atoms with van der Waals surface area (Å²) in [4.78, 5) is 12.3. The van der Waals surface area contributed by atoms with Crippen LogP contribution in [0.5, 0.6) is 0 Å². The minimum Gasteiger partial charge on any atom is -0.345 e. The standard InChI is InChI=1S/C17H18BrNO/c1-3-16(13-7-5-4-6-8-13)19-17(20)14-10-9-12(2)15(18)11-14/h4-11,16H,3H2,1-2H3,(H,19,20). The molecule has 0 aliphatic rings. The maximum absolute atomic E-state index is 12.3. The van der Waals surface area contributed by atoms with E-state index in [9.17, 15) is 4.79 Å². The van der Waals surface area contributed by atoms with Crippen molar-refractivity contribution in [1.29, 1.82) is 0 Å². The fourth-order valence-electron chi connectivity index (χ4n) is 2.08. The van der Waals surface area contributed by atoms with E-state index in [2.05, 4.69) is 28.2 Å². The van der Waals surface area contributed by atoms with Gasteiger partial charge in [0, 0.05) is 10.0 Å². The second-order valence-electron chi connectivity index (χ2n) is 4.81. The third kappa shape index (κ3) is 3.48. The number of amides is 1. The Balaban J connectivity index is 2.15. The van der Waals surface area contributed by atoms with Gasteiger partial charge in [-0.05, 0) is 36.6 Å². The van der Waals surface area contributed by atoms with E-state index in [-0.39, 0.29) is 11.9 Å². The molecule has 1 atom stereocenters. The summed E-state index contributed by atoms with van der Waals surface area (Å²) < 4.78 is 0.956. The Morgan fingerprint density at radius 3 is 2.50 bits per heavy atom. The third-order valence-corrected chi connectivity index (χ3v) is 4.20. The second kappa shape index (κ2) is 6.71. The fraction of sp³-hybridized carbons (Fsp3) is 0.235. The van der Waals surface area contributed by atoms with Gasteiger partial charge in [0.1, 0.15) is 0 Å². The van der Waals surface area contributed by atoms with Crippen LogP contribution in [-0.2, 0) is 0 Å². The van der Waals surface area contributed by atoms with Crippen molar-refractivity contribution >= 4 is 21.8 Å². The van der Waals surface area contributed by atoms with Crippen molar-refractivity contribution in [3.8, 4) is 0 Å². The number of halogens is 1. The molecule has 0 heterocycles. The Kier molecular flexibility index (Phi) is 4.96. The van der Waals surface area contributed by atoms with Gasteiger partial charge in [-0.25, -0.2) is 0 Å². The number of carbonyl (C=O) groups is 1.